The Hall–Kier alpha value is -1.80. The zero-order chi connectivity index (χ0) is 13.8. The zero-order valence-corrected chi connectivity index (χ0v) is 11.8. The van der Waals surface area contributed by atoms with Gasteiger partial charge in [-0.15, -0.1) is 0 Å². The van der Waals surface area contributed by atoms with Crippen LogP contribution in [0.3, 0.4) is 0 Å². The number of aryl methyl sites for hydroxylation is 1. The van der Waals surface area contributed by atoms with Gasteiger partial charge in [-0.3, -0.25) is 4.79 Å². The Morgan fingerprint density at radius 2 is 1.74 bits per heavy atom. The van der Waals surface area contributed by atoms with E-state index in [1.54, 1.807) is 12.1 Å². The molecule has 0 spiro atoms. The summed E-state index contributed by atoms with van der Waals surface area (Å²) in [5.41, 5.74) is 3.87. The van der Waals surface area contributed by atoms with Crippen LogP contribution in [0.4, 0.5) is 11.4 Å². The average molecular weight is 274 g/mol. The maximum atomic E-state index is 10.8. The molecule has 0 saturated carbocycles. The monoisotopic (exact) mass is 273 g/mol. The summed E-state index contributed by atoms with van der Waals surface area (Å²) >= 11 is 6.05. The lowest BCUT2D eigenvalue weighted by Gasteiger charge is -2.20. The summed E-state index contributed by atoms with van der Waals surface area (Å²) in [6, 6.07) is 13.8. The number of hydrogen-bond donors (Lipinski definition) is 0. The number of anilines is 2. The fourth-order valence-electron chi connectivity index (χ4n) is 1.92. The molecule has 0 aliphatic heterocycles. The van der Waals surface area contributed by atoms with Crippen LogP contribution in [-0.2, 0) is 6.42 Å². The summed E-state index contributed by atoms with van der Waals surface area (Å²) in [4.78, 5) is 12.8. The molecular formula is C16H16ClNO. The van der Waals surface area contributed by atoms with Gasteiger partial charge in [0.2, 0.25) is 0 Å². The van der Waals surface area contributed by atoms with Gasteiger partial charge in [-0.1, -0.05) is 30.7 Å². The number of hydrogen-bond acceptors (Lipinski definition) is 2. The molecule has 0 unspecified atom stereocenters. The van der Waals surface area contributed by atoms with Gasteiger partial charge in [-0.05, 0) is 42.3 Å². The summed E-state index contributed by atoms with van der Waals surface area (Å²) in [6.45, 7) is 2.14. The minimum atomic E-state index is 0.476. The molecule has 0 aliphatic rings. The van der Waals surface area contributed by atoms with E-state index < -0.39 is 0 Å². The minimum Gasteiger partial charge on any atom is -0.345 e. The lowest BCUT2D eigenvalue weighted by atomic mass is 10.1. The third-order valence-electron chi connectivity index (χ3n) is 3.23. The van der Waals surface area contributed by atoms with Crippen LogP contribution in [0, 0.1) is 0 Å². The molecule has 2 rings (SSSR count). The van der Waals surface area contributed by atoms with Crippen LogP contribution in [0.5, 0.6) is 0 Å². The van der Waals surface area contributed by atoms with Crippen molar-refractivity contribution in [1.29, 1.82) is 0 Å². The van der Waals surface area contributed by atoms with Crippen LogP contribution < -0.4 is 4.90 Å². The second-order valence-electron chi connectivity index (χ2n) is 4.40. The first-order valence-corrected chi connectivity index (χ1v) is 6.61. The molecule has 2 nitrogen and oxygen atoms in total. The van der Waals surface area contributed by atoms with Gasteiger partial charge in [0, 0.05) is 24.0 Å². The van der Waals surface area contributed by atoms with Crippen molar-refractivity contribution in [3.63, 3.8) is 0 Å². The molecule has 0 heterocycles. The molecule has 0 aliphatic carbocycles. The molecule has 0 radical (unpaired) electrons. The molecule has 98 valence electrons. The summed E-state index contributed by atoms with van der Waals surface area (Å²) in [5, 5.41) is 0.476. The number of benzene rings is 2. The molecule has 3 heteroatoms. The van der Waals surface area contributed by atoms with Gasteiger partial charge in [0.05, 0.1) is 5.02 Å². The Morgan fingerprint density at radius 1 is 1.11 bits per heavy atom. The van der Waals surface area contributed by atoms with E-state index in [0.29, 0.717) is 10.6 Å². The molecule has 0 saturated heterocycles. The van der Waals surface area contributed by atoms with Gasteiger partial charge in [0.15, 0.2) is 6.29 Å². The van der Waals surface area contributed by atoms with Crippen LogP contribution >= 0.6 is 11.6 Å². The summed E-state index contributed by atoms with van der Waals surface area (Å²) in [5.74, 6) is 0. The van der Waals surface area contributed by atoms with E-state index in [-0.39, 0.29) is 0 Å². The predicted molar refractivity (Wildman–Crippen MR) is 80.7 cm³/mol. The van der Waals surface area contributed by atoms with Crippen LogP contribution in [0.1, 0.15) is 22.8 Å². The Bertz CT molecular complexity index is 578. The van der Waals surface area contributed by atoms with Gasteiger partial charge < -0.3 is 4.90 Å². The van der Waals surface area contributed by atoms with Crippen molar-refractivity contribution >= 4 is 29.3 Å². The van der Waals surface area contributed by atoms with Gasteiger partial charge in [0.1, 0.15) is 0 Å². The highest BCUT2D eigenvalue weighted by molar-refractivity contribution is 6.33. The average Bonchev–Trinajstić information content (AvgIpc) is 2.46. The van der Waals surface area contributed by atoms with Crippen molar-refractivity contribution in [1.82, 2.24) is 0 Å². The van der Waals surface area contributed by atoms with E-state index in [0.717, 1.165) is 24.1 Å². The number of nitrogens with zero attached hydrogens (tertiary/aromatic N) is 1. The van der Waals surface area contributed by atoms with E-state index in [4.69, 9.17) is 11.6 Å². The van der Waals surface area contributed by atoms with Crippen molar-refractivity contribution in [3.05, 3.63) is 58.6 Å². The zero-order valence-electron chi connectivity index (χ0n) is 11.1. The van der Waals surface area contributed by atoms with Crippen LogP contribution in [-0.4, -0.2) is 13.3 Å². The van der Waals surface area contributed by atoms with E-state index in [2.05, 4.69) is 31.2 Å². The van der Waals surface area contributed by atoms with Gasteiger partial charge in [0.25, 0.3) is 0 Å². The molecule has 0 fully saturated rings. The smallest absolute Gasteiger partial charge is 0.151 e. The van der Waals surface area contributed by atoms with Gasteiger partial charge in [-0.25, -0.2) is 0 Å². The van der Waals surface area contributed by atoms with Crippen molar-refractivity contribution in [2.45, 2.75) is 13.3 Å². The lowest BCUT2D eigenvalue weighted by Crippen LogP contribution is -2.09. The van der Waals surface area contributed by atoms with Gasteiger partial charge in [-0.2, -0.15) is 0 Å². The number of aldehydes is 1. The SMILES string of the molecule is CCc1ccc(N(C)c2ccc(C=O)c(Cl)c2)cc1. The molecule has 2 aromatic rings. The van der Waals surface area contributed by atoms with Crippen LogP contribution in [0.15, 0.2) is 42.5 Å². The van der Waals surface area contributed by atoms with Crippen molar-refractivity contribution in [2.24, 2.45) is 0 Å². The molecular weight excluding hydrogens is 258 g/mol. The highest BCUT2D eigenvalue weighted by Crippen LogP contribution is 2.27. The van der Waals surface area contributed by atoms with E-state index >= 15 is 0 Å². The molecule has 0 bridgehead atoms. The first-order valence-electron chi connectivity index (χ1n) is 6.23. The number of carbonyl (C=O) groups excluding carboxylic acids is 1. The Kier molecular flexibility index (Phi) is 4.23. The largest absolute Gasteiger partial charge is 0.345 e. The van der Waals surface area contributed by atoms with Crippen molar-refractivity contribution in [3.8, 4) is 0 Å². The molecule has 0 amide bonds. The third kappa shape index (κ3) is 2.96. The normalized spacial score (nSPS) is 10.3. The summed E-state index contributed by atoms with van der Waals surface area (Å²) in [7, 11) is 1.98. The first-order chi connectivity index (χ1) is 9.15. The number of rotatable bonds is 4. The van der Waals surface area contributed by atoms with Crippen molar-refractivity contribution in [2.75, 3.05) is 11.9 Å². The lowest BCUT2D eigenvalue weighted by molar-refractivity contribution is 0.112. The highest BCUT2D eigenvalue weighted by atomic mass is 35.5. The fourth-order valence-corrected chi connectivity index (χ4v) is 2.14. The van der Waals surface area contributed by atoms with Crippen LogP contribution in [0.2, 0.25) is 5.02 Å². The number of halogens is 1. The minimum absolute atomic E-state index is 0.476. The second kappa shape index (κ2) is 5.89. The summed E-state index contributed by atoms with van der Waals surface area (Å²) < 4.78 is 0. The van der Waals surface area contributed by atoms with E-state index in [1.165, 1.54) is 5.56 Å². The maximum absolute atomic E-state index is 10.8. The Balaban J connectivity index is 2.29. The van der Waals surface area contributed by atoms with Gasteiger partial charge >= 0.3 is 0 Å². The Labute approximate surface area is 118 Å². The molecule has 0 aromatic heterocycles. The third-order valence-corrected chi connectivity index (χ3v) is 3.56. The molecule has 0 N–H and O–H groups in total. The van der Waals surface area contributed by atoms with E-state index in [1.807, 2.05) is 18.0 Å². The second-order valence-corrected chi connectivity index (χ2v) is 4.81. The fraction of sp³-hybridized carbons (Fsp3) is 0.188. The first kappa shape index (κ1) is 13.6. The van der Waals surface area contributed by atoms with Crippen LogP contribution in [0.25, 0.3) is 0 Å². The Morgan fingerprint density at radius 3 is 2.26 bits per heavy atom. The topological polar surface area (TPSA) is 20.3 Å². The summed E-state index contributed by atoms with van der Waals surface area (Å²) in [6.07, 6.45) is 1.80. The van der Waals surface area contributed by atoms with E-state index in [9.17, 15) is 4.79 Å². The quantitative estimate of drug-likeness (QED) is 0.766. The molecule has 2 aromatic carbocycles. The standard InChI is InChI=1S/C16H16ClNO/c1-3-12-4-7-14(8-5-12)18(2)15-9-6-13(11-19)16(17)10-15/h4-11H,3H2,1-2H3. The molecule has 19 heavy (non-hydrogen) atoms. The molecule has 0 atom stereocenters. The highest BCUT2D eigenvalue weighted by Gasteiger charge is 2.06. The predicted octanol–water partition coefficient (Wildman–Crippen LogP) is 4.48. The number of carbonyl (C=O) groups is 1. The maximum Gasteiger partial charge on any atom is 0.151 e. The van der Waals surface area contributed by atoms with Crippen molar-refractivity contribution < 1.29 is 4.79 Å².